The molecule has 0 unspecified atom stereocenters. The summed E-state index contributed by atoms with van der Waals surface area (Å²) in [5, 5.41) is 21.1. The Hall–Kier alpha value is -2.95. The molecule has 0 spiro atoms. The molecule has 0 aromatic heterocycles. The molecule has 0 aliphatic rings. The van der Waals surface area contributed by atoms with Crippen molar-refractivity contribution in [2.75, 3.05) is 0 Å². The van der Waals surface area contributed by atoms with Gasteiger partial charge in [-0.15, -0.1) is 0 Å². The van der Waals surface area contributed by atoms with Crippen LogP contribution in [0.15, 0.2) is 33.2 Å². The van der Waals surface area contributed by atoms with Gasteiger partial charge in [-0.1, -0.05) is 31.9 Å². The first-order valence-corrected chi connectivity index (χ1v) is 9.03. The van der Waals surface area contributed by atoms with E-state index in [-0.39, 0.29) is 34.7 Å². The number of carbonyl (C=O) groups excluding carboxylic acids is 3. The molecule has 12 heteroatoms. The molecule has 0 fully saturated rings. The van der Waals surface area contributed by atoms with Crippen molar-refractivity contribution in [3.8, 4) is 5.75 Å². The van der Waals surface area contributed by atoms with Gasteiger partial charge in [0.2, 0.25) is 0 Å². The lowest BCUT2D eigenvalue weighted by Crippen LogP contribution is -1.97. The second-order valence-corrected chi connectivity index (χ2v) is 7.06. The fraction of sp³-hybridized carbons (Fsp3) is 0.176. The summed E-state index contributed by atoms with van der Waals surface area (Å²) in [5.41, 5.74) is 2.06. The third-order valence-electron chi connectivity index (χ3n) is 3.47. The fourth-order valence-corrected chi connectivity index (χ4v) is 2.98. The first-order valence-electron chi connectivity index (χ1n) is 7.45. The summed E-state index contributed by atoms with van der Waals surface area (Å²) < 4.78 is 5.83. The van der Waals surface area contributed by atoms with E-state index in [9.17, 15) is 25.0 Å². The highest BCUT2D eigenvalue weighted by Crippen LogP contribution is 2.31. The van der Waals surface area contributed by atoms with E-state index < -0.39 is 4.92 Å². The van der Waals surface area contributed by atoms with E-state index in [4.69, 9.17) is 9.59 Å². The van der Waals surface area contributed by atoms with Crippen molar-refractivity contribution in [1.82, 2.24) is 0 Å². The average molecular weight is 534 g/mol. The lowest BCUT2D eigenvalue weighted by atomic mass is 10.1. The van der Waals surface area contributed by atoms with Gasteiger partial charge >= 0.3 is 6.15 Å². The maximum Gasteiger partial charge on any atom is 0.373 e. The largest absolute Gasteiger partial charge is 0.428 e. The first kappa shape index (κ1) is 26.1. The molecule has 0 bridgehead atoms. The Morgan fingerprint density at radius 2 is 1.31 bits per heavy atom. The van der Waals surface area contributed by atoms with Gasteiger partial charge in [-0.2, -0.15) is 9.59 Å². The molecule has 0 radical (unpaired) electrons. The van der Waals surface area contributed by atoms with E-state index in [2.05, 4.69) is 36.6 Å². The van der Waals surface area contributed by atoms with Crippen LogP contribution in [0.25, 0.3) is 0 Å². The highest BCUT2D eigenvalue weighted by atomic mass is 79.9. The Balaban J connectivity index is 0.000000481. The van der Waals surface area contributed by atoms with Crippen LogP contribution in [0.3, 0.4) is 0 Å². The number of aryl methyl sites for hydroxylation is 1. The molecular formula is C17H14Br2N2O8. The van der Waals surface area contributed by atoms with Crippen molar-refractivity contribution in [2.45, 2.75) is 20.8 Å². The Bertz CT molecular complexity index is 957. The lowest BCUT2D eigenvalue weighted by molar-refractivity contribution is -0.385. The normalized spacial score (nSPS) is 9.00. The molecule has 0 aliphatic carbocycles. The highest BCUT2D eigenvalue weighted by molar-refractivity contribution is 9.10. The second kappa shape index (κ2) is 12.5. The third-order valence-corrected chi connectivity index (χ3v) is 4.39. The van der Waals surface area contributed by atoms with Gasteiger partial charge < -0.3 is 4.74 Å². The summed E-state index contributed by atoms with van der Waals surface area (Å²) in [6.45, 7) is 5.36. The molecule has 29 heavy (non-hydrogen) atoms. The summed E-state index contributed by atoms with van der Waals surface area (Å²) in [5.74, 6) is 0.182. The number of hydrogen-bond donors (Lipinski definition) is 0. The van der Waals surface area contributed by atoms with E-state index in [0.717, 1.165) is 15.6 Å². The number of benzene rings is 2. The maximum absolute atomic E-state index is 10.6. The van der Waals surface area contributed by atoms with Crippen LogP contribution in [-0.2, 0) is 14.4 Å². The van der Waals surface area contributed by atoms with Crippen molar-refractivity contribution >= 4 is 55.9 Å². The monoisotopic (exact) mass is 532 g/mol. The van der Waals surface area contributed by atoms with Crippen molar-refractivity contribution in [3.05, 3.63) is 70.1 Å². The minimum atomic E-state index is -0.530. The molecule has 0 saturated heterocycles. The molecule has 0 heterocycles. The Kier molecular flexibility index (Phi) is 11.2. The molecule has 0 amide bonds. The number of halogens is 2. The number of nitro groups is 2. The van der Waals surface area contributed by atoms with E-state index >= 15 is 0 Å². The van der Waals surface area contributed by atoms with Crippen LogP contribution in [0, 0.1) is 41.0 Å². The molecular weight excluding hydrogens is 520 g/mol. The van der Waals surface area contributed by atoms with Crippen molar-refractivity contribution in [3.63, 3.8) is 0 Å². The number of carbonyl (C=O) groups is 1. The summed E-state index contributed by atoms with van der Waals surface area (Å²) in [7, 11) is 0. The summed E-state index contributed by atoms with van der Waals surface area (Å²) in [6.07, 6.45) is 0.250. The van der Waals surface area contributed by atoms with Crippen LogP contribution in [0.2, 0.25) is 0 Å². The first-order chi connectivity index (χ1) is 13.5. The van der Waals surface area contributed by atoms with Crippen molar-refractivity contribution < 1.29 is 29.0 Å². The number of hydrogen-bond acceptors (Lipinski definition) is 8. The summed E-state index contributed by atoms with van der Waals surface area (Å²) in [6, 6.07) is 6.23. The molecule has 0 aliphatic heterocycles. The summed E-state index contributed by atoms with van der Waals surface area (Å²) in [4.78, 5) is 46.5. The Morgan fingerprint density at radius 1 is 0.897 bits per heavy atom. The smallest absolute Gasteiger partial charge is 0.373 e. The van der Waals surface area contributed by atoms with Gasteiger partial charge in [-0.3, -0.25) is 25.0 Å². The van der Waals surface area contributed by atoms with Gasteiger partial charge in [0.15, 0.2) is 0 Å². The second-order valence-electron chi connectivity index (χ2n) is 5.23. The predicted molar refractivity (Wildman–Crippen MR) is 108 cm³/mol. The molecule has 0 saturated carbocycles. The van der Waals surface area contributed by atoms with Crippen molar-refractivity contribution in [2.24, 2.45) is 0 Å². The third kappa shape index (κ3) is 8.30. The SMILES string of the molecule is Cc1c(OC=O)cc(Br)cc1[N+](=O)[O-].Cc1cc(Br)cc([N+](=O)[O-])c1C.O=C=O. The van der Waals surface area contributed by atoms with Crippen LogP contribution < -0.4 is 4.74 Å². The van der Waals surface area contributed by atoms with Crippen LogP contribution >= 0.6 is 31.9 Å². The quantitative estimate of drug-likeness (QED) is 0.315. The molecule has 0 atom stereocenters. The molecule has 2 rings (SSSR count). The van der Waals surface area contributed by atoms with E-state index in [0.29, 0.717) is 10.0 Å². The van der Waals surface area contributed by atoms with Gasteiger partial charge in [0, 0.05) is 26.6 Å². The van der Waals surface area contributed by atoms with Gasteiger partial charge in [0.05, 0.1) is 15.4 Å². The van der Waals surface area contributed by atoms with E-state index in [1.807, 2.05) is 13.0 Å². The summed E-state index contributed by atoms with van der Waals surface area (Å²) >= 11 is 6.30. The molecule has 2 aromatic carbocycles. The molecule has 2 aromatic rings. The fourth-order valence-electron chi connectivity index (χ4n) is 1.99. The maximum atomic E-state index is 10.6. The highest BCUT2D eigenvalue weighted by Gasteiger charge is 2.16. The van der Waals surface area contributed by atoms with Gasteiger partial charge in [0.25, 0.3) is 17.8 Å². The van der Waals surface area contributed by atoms with E-state index in [1.54, 1.807) is 6.92 Å². The Labute approximate surface area is 181 Å². The molecule has 0 N–H and O–H groups in total. The number of nitro benzene ring substituents is 2. The molecule has 10 nitrogen and oxygen atoms in total. The predicted octanol–water partition coefficient (Wildman–Crippen LogP) is 4.59. The van der Waals surface area contributed by atoms with Crippen LogP contribution in [-0.4, -0.2) is 22.5 Å². The number of rotatable bonds is 4. The van der Waals surface area contributed by atoms with Crippen molar-refractivity contribution in [1.29, 1.82) is 0 Å². The number of nitrogens with zero attached hydrogens (tertiary/aromatic N) is 2. The van der Waals surface area contributed by atoms with Gasteiger partial charge in [-0.05, 0) is 38.5 Å². The lowest BCUT2D eigenvalue weighted by Gasteiger charge is -2.03. The van der Waals surface area contributed by atoms with E-state index in [1.165, 1.54) is 25.1 Å². The molecule has 154 valence electrons. The van der Waals surface area contributed by atoms with Gasteiger partial charge in [-0.25, -0.2) is 0 Å². The zero-order valence-electron chi connectivity index (χ0n) is 15.3. The Morgan fingerprint density at radius 3 is 1.72 bits per heavy atom. The van der Waals surface area contributed by atoms with Crippen LogP contribution in [0.5, 0.6) is 5.75 Å². The van der Waals surface area contributed by atoms with Crippen LogP contribution in [0.4, 0.5) is 11.4 Å². The zero-order chi connectivity index (χ0) is 22.7. The van der Waals surface area contributed by atoms with Crippen LogP contribution in [0.1, 0.15) is 16.7 Å². The zero-order valence-corrected chi connectivity index (χ0v) is 18.5. The standard InChI is InChI=1S/C8H6BrNO4.C8H8BrNO2.CO2/c1-5-7(10(12)13)2-6(9)3-8(5)14-4-11;1-5-3-7(9)4-8(6(5)2)10(11)12;2-1-3/h2-4H,1H3;3-4H,1-2H3;. The topological polar surface area (TPSA) is 147 Å². The average Bonchev–Trinajstić information content (AvgIpc) is 2.62. The number of ether oxygens (including phenoxy) is 1. The minimum absolute atomic E-state index is 0.0868. The minimum Gasteiger partial charge on any atom is -0.428 e. The van der Waals surface area contributed by atoms with Gasteiger partial charge in [0.1, 0.15) is 5.75 Å².